The summed E-state index contributed by atoms with van der Waals surface area (Å²) in [5, 5.41) is 65.8. The number of likely N-dealkylation sites (N-methyl/N-ethyl adjacent to an activating group) is 1. The van der Waals surface area contributed by atoms with Crippen LogP contribution >= 0.6 is 12.2 Å². The van der Waals surface area contributed by atoms with Crippen LogP contribution in [-0.2, 0) is 33.2 Å². The van der Waals surface area contributed by atoms with E-state index in [0.717, 1.165) is 0 Å². The summed E-state index contributed by atoms with van der Waals surface area (Å²) >= 11 is 5.42. The molecule has 0 aliphatic carbocycles. The summed E-state index contributed by atoms with van der Waals surface area (Å²) in [5.74, 6) is -3.22. The molecule has 0 unspecified atom stereocenters. The van der Waals surface area contributed by atoms with Crippen LogP contribution in [0, 0.1) is 17.8 Å². The number of nitrogens with zero attached hydrogens (tertiary/aromatic N) is 2. The van der Waals surface area contributed by atoms with E-state index >= 15 is 0 Å². The number of aliphatic hydroxyl groups is 5. The fourth-order valence-corrected chi connectivity index (χ4v) is 10.4. The Balaban J connectivity index is 1.73. The van der Waals surface area contributed by atoms with Crippen molar-refractivity contribution < 1.29 is 63.5 Å². The summed E-state index contributed by atoms with van der Waals surface area (Å²) < 4.78 is 38.0. The number of esters is 1. The minimum atomic E-state index is -1.92. The Morgan fingerprint density at radius 2 is 1.62 bits per heavy atom. The van der Waals surface area contributed by atoms with Gasteiger partial charge in [0.2, 0.25) is 0 Å². The molecular weight excluding hydrogens is 873 g/mol. The predicted molar refractivity (Wildman–Crippen MR) is 252 cm³/mol. The molecule has 0 spiro atoms. The highest BCUT2D eigenvalue weighted by molar-refractivity contribution is 7.80. The van der Waals surface area contributed by atoms with Gasteiger partial charge in [-0.25, -0.2) is 0 Å². The van der Waals surface area contributed by atoms with Gasteiger partial charge < -0.3 is 64.2 Å². The lowest BCUT2D eigenvalue weighted by molar-refractivity contribution is -0.318. The number of methoxy groups -OCH3 is 1. The van der Waals surface area contributed by atoms with E-state index in [2.05, 4.69) is 10.6 Å². The Morgan fingerprint density at radius 3 is 2.23 bits per heavy atom. The van der Waals surface area contributed by atoms with Gasteiger partial charge in [0, 0.05) is 56.7 Å². The van der Waals surface area contributed by atoms with Crippen LogP contribution in [0.3, 0.4) is 0 Å². The molecule has 1 aromatic rings. The number of carbonyl (C=O) groups excluding carboxylic acids is 2. The highest BCUT2D eigenvalue weighted by atomic mass is 32.1. The van der Waals surface area contributed by atoms with Gasteiger partial charge >= 0.3 is 5.97 Å². The highest BCUT2D eigenvalue weighted by Gasteiger charge is 2.53. The van der Waals surface area contributed by atoms with Crippen molar-refractivity contribution in [2.45, 2.75) is 192 Å². The maximum Gasteiger partial charge on any atom is 0.311 e. The molecule has 3 heterocycles. The molecule has 3 fully saturated rings. The van der Waals surface area contributed by atoms with E-state index in [-0.39, 0.29) is 48.3 Å². The molecule has 0 radical (unpaired) electrons. The van der Waals surface area contributed by atoms with Crippen LogP contribution in [0.2, 0.25) is 0 Å². The largest absolute Gasteiger partial charge is 0.459 e. The topological polar surface area (TPSA) is 221 Å². The molecule has 4 rings (SSSR count). The number of rotatable bonds is 12. The molecule has 1 aromatic carbocycles. The molecule has 18 heteroatoms. The molecule has 18 atom stereocenters. The molecule has 1 amide bonds. The Morgan fingerprint density at radius 1 is 0.970 bits per heavy atom. The van der Waals surface area contributed by atoms with Crippen molar-refractivity contribution in [2.75, 3.05) is 40.8 Å². The standard InChI is InChI=1S/C48H82N4O13S/c1-14-35-48(10,59)39(54)31(6)52(22-18-21-49-45(66)50-42(56)33-19-16-15-17-20-33)26-27(2)24-46(8,58)41(65-44-37(53)34(51(11)12)23-28(3)61-44)29(4)38(30(5)43(57)63-35)64-36-25-47(9,60-13)40(55)32(7)62-36/h15-17,19-20,27-32,34-41,44,53-55,58-59H,14,18,21-26H2,1-13H3,(H2,49,50,56,66)/t27-,28-,29+,30-,31-,32+,34+,35-,36+,37-,38+,39-,40+,41-,44+,46-,47-,48-/m1/s1. The van der Waals surface area contributed by atoms with Crippen molar-refractivity contribution in [3.8, 4) is 0 Å². The Bertz CT molecular complexity index is 1710. The second-order valence-corrected chi connectivity index (χ2v) is 20.6. The number of cyclic esters (lactones) is 1. The average molecular weight is 955 g/mol. The maximum atomic E-state index is 14.5. The zero-order valence-corrected chi connectivity index (χ0v) is 42.3. The third kappa shape index (κ3) is 13.9. The maximum absolute atomic E-state index is 14.5. The minimum absolute atomic E-state index is 0.0985. The number of carbonyl (C=O) groups is 2. The normalized spacial score (nSPS) is 41.3. The zero-order chi connectivity index (χ0) is 49.5. The van der Waals surface area contributed by atoms with Gasteiger partial charge in [0.05, 0.1) is 41.5 Å². The summed E-state index contributed by atoms with van der Waals surface area (Å²) in [6, 6.07) is 7.74. The Labute approximate surface area is 398 Å². The van der Waals surface area contributed by atoms with E-state index in [1.807, 2.05) is 43.8 Å². The molecule has 3 saturated heterocycles. The van der Waals surface area contributed by atoms with Gasteiger partial charge in [0.25, 0.3) is 5.91 Å². The van der Waals surface area contributed by atoms with E-state index in [1.54, 1.807) is 72.7 Å². The quantitative estimate of drug-likeness (QED) is 0.0910. The van der Waals surface area contributed by atoms with E-state index < -0.39 is 96.0 Å². The average Bonchev–Trinajstić information content (AvgIpc) is 3.25. The van der Waals surface area contributed by atoms with Gasteiger partial charge in [0.15, 0.2) is 17.7 Å². The van der Waals surface area contributed by atoms with Gasteiger partial charge in [-0.2, -0.15) is 0 Å². The van der Waals surface area contributed by atoms with Crippen LogP contribution in [0.1, 0.15) is 112 Å². The number of aliphatic hydroxyl groups excluding tert-OH is 3. The van der Waals surface area contributed by atoms with Crippen molar-refractivity contribution in [1.82, 2.24) is 20.4 Å². The number of hydrogen-bond donors (Lipinski definition) is 7. The van der Waals surface area contributed by atoms with Crippen molar-refractivity contribution in [1.29, 1.82) is 0 Å². The summed E-state index contributed by atoms with van der Waals surface area (Å²) in [6.07, 6.45) is -8.53. The van der Waals surface area contributed by atoms with Gasteiger partial charge in [0.1, 0.15) is 30.0 Å². The lowest BCUT2D eigenvalue weighted by atomic mass is 9.77. The third-order valence-corrected chi connectivity index (χ3v) is 14.5. The molecule has 17 nitrogen and oxygen atoms in total. The van der Waals surface area contributed by atoms with E-state index in [0.29, 0.717) is 38.0 Å². The molecule has 3 aliphatic heterocycles. The van der Waals surface area contributed by atoms with Crippen LogP contribution in [0.25, 0.3) is 0 Å². The van der Waals surface area contributed by atoms with E-state index in [4.69, 9.17) is 40.6 Å². The lowest BCUT2D eigenvalue weighted by Gasteiger charge is -2.48. The van der Waals surface area contributed by atoms with Crippen LogP contribution < -0.4 is 10.6 Å². The first-order valence-corrected chi connectivity index (χ1v) is 24.1. The fourth-order valence-electron chi connectivity index (χ4n) is 10.2. The van der Waals surface area contributed by atoms with Gasteiger partial charge in [-0.3, -0.25) is 19.8 Å². The molecular formula is C48H82N4O13S. The zero-order valence-electron chi connectivity index (χ0n) is 41.5. The summed E-state index contributed by atoms with van der Waals surface area (Å²) in [6.45, 7) is 18.6. The SMILES string of the molecule is CC[C@H]1OC(=O)[C@H](C)[C@@H](O[C@H]2C[C@@](C)(OC)[C@@H](O)[C@H](C)O2)[C@H](C)[C@@H](O[C@@H]2O[C@H](C)C[C@H](N(C)C)[C@H]2O)[C@](C)(O)C[C@@H](C)CN(CCCNC(=S)NC(=O)c2ccccc2)[C@H](C)[C@@H](O)[C@]1(C)O. The molecule has 0 bridgehead atoms. The number of thiocarbonyl (C=S) groups is 1. The first-order valence-electron chi connectivity index (χ1n) is 23.7. The lowest BCUT2D eigenvalue weighted by Crippen LogP contribution is -2.60. The van der Waals surface area contributed by atoms with Crippen molar-refractivity contribution in [3.05, 3.63) is 35.9 Å². The molecule has 3 aliphatic rings. The van der Waals surface area contributed by atoms with Crippen LogP contribution in [0.4, 0.5) is 0 Å². The monoisotopic (exact) mass is 955 g/mol. The smallest absolute Gasteiger partial charge is 0.311 e. The molecule has 0 aromatic heterocycles. The number of ether oxygens (including phenoxy) is 6. The molecule has 378 valence electrons. The third-order valence-electron chi connectivity index (χ3n) is 14.2. The fraction of sp³-hybridized carbons (Fsp3) is 0.812. The van der Waals surface area contributed by atoms with Gasteiger partial charge in [-0.1, -0.05) is 39.0 Å². The van der Waals surface area contributed by atoms with Crippen molar-refractivity contribution in [3.63, 3.8) is 0 Å². The first-order chi connectivity index (χ1) is 30.8. The summed E-state index contributed by atoms with van der Waals surface area (Å²) in [5.41, 5.74) is -4.17. The molecule has 66 heavy (non-hydrogen) atoms. The van der Waals surface area contributed by atoms with Crippen LogP contribution in [0.5, 0.6) is 0 Å². The van der Waals surface area contributed by atoms with Gasteiger partial charge in [-0.15, -0.1) is 0 Å². The molecule has 0 saturated carbocycles. The number of hydrogen-bond acceptors (Lipinski definition) is 16. The van der Waals surface area contributed by atoms with Crippen molar-refractivity contribution >= 4 is 29.2 Å². The number of nitrogens with one attached hydrogen (secondary N) is 2. The Hall–Kier alpha value is -2.43. The predicted octanol–water partition coefficient (Wildman–Crippen LogP) is 2.97. The minimum Gasteiger partial charge on any atom is -0.459 e. The second-order valence-electron chi connectivity index (χ2n) is 20.2. The number of amides is 1. The summed E-state index contributed by atoms with van der Waals surface area (Å²) in [4.78, 5) is 31.2. The van der Waals surface area contributed by atoms with E-state index in [1.165, 1.54) is 14.0 Å². The van der Waals surface area contributed by atoms with E-state index in [9.17, 15) is 35.1 Å². The summed E-state index contributed by atoms with van der Waals surface area (Å²) in [7, 11) is 5.25. The highest BCUT2D eigenvalue weighted by Crippen LogP contribution is 2.40. The Kier molecular flexibility index (Phi) is 20.4. The van der Waals surface area contributed by atoms with Crippen LogP contribution in [-0.4, -0.2) is 183 Å². The first kappa shape index (κ1) is 56.2. The second kappa shape index (κ2) is 23.9. The van der Waals surface area contributed by atoms with Crippen LogP contribution in [0.15, 0.2) is 30.3 Å². The number of benzene rings is 1. The molecule has 7 N–H and O–H groups in total. The van der Waals surface area contributed by atoms with Gasteiger partial charge in [-0.05, 0) is 119 Å². The van der Waals surface area contributed by atoms with Crippen molar-refractivity contribution in [2.24, 2.45) is 17.8 Å².